The van der Waals surface area contributed by atoms with Crippen LogP contribution >= 0.6 is 7.26 Å². The van der Waals surface area contributed by atoms with Crippen molar-refractivity contribution in [1.29, 1.82) is 0 Å². The minimum atomic E-state index is -5.53. The summed E-state index contributed by atoms with van der Waals surface area (Å²) in [7, 11) is -2.39. The van der Waals surface area contributed by atoms with Crippen molar-refractivity contribution in [2.45, 2.75) is 24.9 Å². The lowest BCUT2D eigenvalue weighted by atomic mass is 10.2. The number of hydrogen-bond acceptors (Lipinski definition) is 0. The van der Waals surface area contributed by atoms with Crippen molar-refractivity contribution in [2.24, 2.45) is 0 Å². The second kappa shape index (κ2) is 10.2. The molecule has 0 aliphatic rings. The molecule has 0 aliphatic carbocycles. The van der Waals surface area contributed by atoms with Gasteiger partial charge in [0, 0.05) is 6.42 Å². The summed E-state index contributed by atoms with van der Waals surface area (Å²) in [5, 5.41) is 2.90. The molecule has 3 aromatic rings. The molecule has 0 aromatic heterocycles. The standard InChI is InChI=1S/C23H21F5P.HI/c24-22(25,23(26,27)28)17-10-18-29(19-11-4-1-5-12-19,20-13-6-2-7-14-20)21-15-8-3-9-16-21;/h1-9,11-16H,10,17-18H2;1H/q+1;/p-1. The Morgan fingerprint density at radius 3 is 1.20 bits per heavy atom. The lowest BCUT2D eigenvalue weighted by Gasteiger charge is -2.28. The van der Waals surface area contributed by atoms with Crippen molar-refractivity contribution >= 4 is 23.2 Å². The van der Waals surface area contributed by atoms with Gasteiger partial charge in [0.15, 0.2) is 0 Å². The number of benzene rings is 3. The van der Waals surface area contributed by atoms with Gasteiger partial charge in [0.05, 0.1) is 6.16 Å². The first-order valence-corrected chi connectivity index (χ1v) is 11.2. The number of rotatable bonds is 7. The van der Waals surface area contributed by atoms with E-state index in [1.165, 1.54) is 0 Å². The quantitative estimate of drug-likeness (QED) is 0.241. The van der Waals surface area contributed by atoms with E-state index >= 15 is 0 Å². The molecule has 0 heterocycles. The van der Waals surface area contributed by atoms with Gasteiger partial charge >= 0.3 is 12.1 Å². The van der Waals surface area contributed by atoms with Gasteiger partial charge in [0.1, 0.15) is 23.2 Å². The molecule has 7 heteroatoms. The van der Waals surface area contributed by atoms with E-state index in [-0.39, 0.29) is 36.6 Å². The van der Waals surface area contributed by atoms with E-state index in [2.05, 4.69) is 0 Å². The molecule has 0 radical (unpaired) electrons. The molecule has 0 N–H and O–H groups in total. The molecule has 30 heavy (non-hydrogen) atoms. The number of halogens is 6. The Hall–Kier alpha value is -1.53. The van der Waals surface area contributed by atoms with Crippen molar-refractivity contribution in [3.05, 3.63) is 91.0 Å². The molecule has 3 aromatic carbocycles. The topological polar surface area (TPSA) is 0 Å². The molecule has 0 bridgehead atoms. The van der Waals surface area contributed by atoms with E-state index in [0.29, 0.717) is 0 Å². The molecule has 0 saturated heterocycles. The van der Waals surface area contributed by atoms with E-state index in [0.717, 1.165) is 15.9 Å². The lowest BCUT2D eigenvalue weighted by molar-refractivity contribution is -0.284. The van der Waals surface area contributed by atoms with Crippen LogP contribution in [0.15, 0.2) is 91.0 Å². The molecule has 0 spiro atoms. The molecule has 0 saturated carbocycles. The minimum absolute atomic E-state index is 0. The molecule has 160 valence electrons. The largest absolute Gasteiger partial charge is 1.00 e. The van der Waals surface area contributed by atoms with Gasteiger partial charge in [-0.3, -0.25) is 0 Å². The number of alkyl halides is 5. The monoisotopic (exact) mass is 550 g/mol. The third-order valence-electron chi connectivity index (χ3n) is 4.99. The first kappa shape index (κ1) is 24.7. The van der Waals surface area contributed by atoms with Crippen LogP contribution in [0.3, 0.4) is 0 Å². The van der Waals surface area contributed by atoms with Crippen LogP contribution in [0.5, 0.6) is 0 Å². The highest BCUT2D eigenvalue weighted by molar-refractivity contribution is 7.95. The maximum Gasteiger partial charge on any atom is 0.453 e. The van der Waals surface area contributed by atoms with Gasteiger partial charge in [-0.25, -0.2) is 0 Å². The SMILES string of the molecule is FC(F)(F)C(F)(F)CCC[P+](c1ccccc1)(c1ccccc1)c1ccccc1.[I-]. The second-order valence-corrected chi connectivity index (χ2v) is 10.5. The Morgan fingerprint density at radius 1 is 0.567 bits per heavy atom. The summed E-state index contributed by atoms with van der Waals surface area (Å²) in [6.07, 6.45) is -6.75. The summed E-state index contributed by atoms with van der Waals surface area (Å²) in [6.45, 7) is 0. The Balaban J connectivity index is 0.00000320. The summed E-state index contributed by atoms with van der Waals surface area (Å²) in [4.78, 5) is 0. The zero-order valence-corrected chi connectivity index (χ0v) is 19.0. The summed E-state index contributed by atoms with van der Waals surface area (Å²) >= 11 is 0. The average Bonchev–Trinajstić information content (AvgIpc) is 2.72. The van der Waals surface area contributed by atoms with Crippen LogP contribution in [-0.4, -0.2) is 18.3 Å². The van der Waals surface area contributed by atoms with Crippen LogP contribution < -0.4 is 39.9 Å². The molecule has 0 unspecified atom stereocenters. The third-order valence-corrected chi connectivity index (χ3v) is 9.52. The number of hydrogen-bond donors (Lipinski definition) is 0. The summed E-state index contributed by atoms with van der Waals surface area (Å²) in [5.41, 5.74) is 0. The zero-order chi connectivity index (χ0) is 21.0. The fourth-order valence-corrected chi connectivity index (χ4v) is 7.91. The predicted octanol–water partition coefficient (Wildman–Crippen LogP) is 2.96. The van der Waals surface area contributed by atoms with Crippen molar-refractivity contribution < 1.29 is 45.9 Å². The van der Waals surface area contributed by atoms with Gasteiger partial charge < -0.3 is 24.0 Å². The molecular weight excluding hydrogens is 529 g/mol. The molecule has 0 nitrogen and oxygen atoms in total. The van der Waals surface area contributed by atoms with E-state index < -0.39 is 25.8 Å². The Morgan fingerprint density at radius 2 is 0.900 bits per heavy atom. The Labute approximate surface area is 190 Å². The Bertz CT molecular complexity index is 802. The highest BCUT2D eigenvalue weighted by Crippen LogP contribution is 2.56. The van der Waals surface area contributed by atoms with E-state index in [4.69, 9.17) is 0 Å². The van der Waals surface area contributed by atoms with Crippen LogP contribution in [0.25, 0.3) is 0 Å². The third kappa shape index (κ3) is 5.20. The first-order chi connectivity index (χ1) is 13.8. The van der Waals surface area contributed by atoms with Crippen LogP contribution in [0.2, 0.25) is 0 Å². The van der Waals surface area contributed by atoms with Gasteiger partial charge in [0.2, 0.25) is 0 Å². The maximum absolute atomic E-state index is 13.6. The lowest BCUT2D eigenvalue weighted by Crippen LogP contribution is -3.00. The fourth-order valence-electron chi connectivity index (χ4n) is 3.56. The molecule has 3 rings (SSSR count). The maximum atomic E-state index is 13.6. The minimum Gasteiger partial charge on any atom is -1.00 e. The summed E-state index contributed by atoms with van der Waals surface area (Å²) in [5.74, 6) is -4.69. The van der Waals surface area contributed by atoms with Gasteiger partial charge in [-0.15, -0.1) is 0 Å². The highest BCUT2D eigenvalue weighted by Gasteiger charge is 2.57. The Kier molecular flexibility index (Phi) is 8.40. The van der Waals surface area contributed by atoms with Crippen LogP contribution in [0.4, 0.5) is 22.0 Å². The smallest absolute Gasteiger partial charge is 0.453 e. The van der Waals surface area contributed by atoms with Crippen molar-refractivity contribution in [2.75, 3.05) is 6.16 Å². The van der Waals surface area contributed by atoms with Gasteiger partial charge in [-0.1, -0.05) is 54.6 Å². The summed E-state index contributed by atoms with van der Waals surface area (Å²) in [6, 6.07) is 28.5. The van der Waals surface area contributed by atoms with Gasteiger partial charge in [-0.05, 0) is 42.8 Å². The van der Waals surface area contributed by atoms with Crippen LogP contribution in [0, 0.1) is 0 Å². The van der Waals surface area contributed by atoms with E-state index in [1.54, 1.807) is 0 Å². The molecule has 0 atom stereocenters. The van der Waals surface area contributed by atoms with Crippen molar-refractivity contribution in [3.63, 3.8) is 0 Å². The molecule has 0 aliphatic heterocycles. The molecular formula is C23H21F5IP. The second-order valence-electron chi connectivity index (χ2n) is 6.85. The average molecular weight is 550 g/mol. The molecule has 0 amide bonds. The zero-order valence-electron chi connectivity index (χ0n) is 16.0. The highest BCUT2D eigenvalue weighted by atomic mass is 127. The van der Waals surface area contributed by atoms with Crippen LogP contribution in [-0.2, 0) is 0 Å². The van der Waals surface area contributed by atoms with Gasteiger partial charge in [0.25, 0.3) is 0 Å². The van der Waals surface area contributed by atoms with Crippen LogP contribution in [0.1, 0.15) is 12.8 Å². The summed E-state index contributed by atoms with van der Waals surface area (Å²) < 4.78 is 65.2. The van der Waals surface area contributed by atoms with Crippen molar-refractivity contribution in [3.8, 4) is 0 Å². The first-order valence-electron chi connectivity index (χ1n) is 9.27. The van der Waals surface area contributed by atoms with Gasteiger partial charge in [-0.2, -0.15) is 22.0 Å². The van der Waals surface area contributed by atoms with E-state index in [1.807, 2.05) is 91.0 Å². The predicted molar refractivity (Wildman–Crippen MR) is 110 cm³/mol. The normalized spacial score (nSPS) is 12.3. The van der Waals surface area contributed by atoms with Crippen molar-refractivity contribution in [1.82, 2.24) is 0 Å². The van der Waals surface area contributed by atoms with E-state index in [9.17, 15) is 22.0 Å². The molecule has 0 fully saturated rings. The fraction of sp³-hybridized carbons (Fsp3) is 0.217.